The molecule has 0 aliphatic rings. The van der Waals surface area contributed by atoms with Crippen LogP contribution in [0.25, 0.3) is 10.2 Å². The van der Waals surface area contributed by atoms with Crippen LogP contribution in [0, 0.1) is 5.82 Å². The first-order chi connectivity index (χ1) is 13.6. The molecule has 29 heavy (non-hydrogen) atoms. The largest absolute Gasteiger partial charge is 0.480 e. The van der Waals surface area contributed by atoms with Gasteiger partial charge in [0.05, 0.1) is 15.8 Å². The van der Waals surface area contributed by atoms with Crippen molar-refractivity contribution in [3.63, 3.8) is 0 Å². The molecule has 0 fully saturated rings. The SMILES string of the molecule is CCC(C(=O)O)n1/c(=N/C(=O)c2ccc(F)cc2)sc2c(C(F)(F)F)cccc21. The molecule has 0 bridgehead atoms. The van der Waals surface area contributed by atoms with E-state index in [4.69, 9.17) is 0 Å². The number of aromatic nitrogens is 1. The highest BCUT2D eigenvalue weighted by atomic mass is 32.1. The first-order valence-corrected chi connectivity index (χ1v) is 9.23. The maximum atomic E-state index is 13.4. The molecule has 1 atom stereocenters. The van der Waals surface area contributed by atoms with Gasteiger partial charge >= 0.3 is 12.1 Å². The fraction of sp³-hybridized carbons (Fsp3) is 0.211. The number of benzene rings is 2. The second kappa shape index (κ2) is 7.78. The molecule has 0 radical (unpaired) electrons. The molecule has 1 heterocycles. The Labute approximate surface area is 165 Å². The van der Waals surface area contributed by atoms with Gasteiger partial charge in [-0.05, 0) is 42.8 Å². The number of halogens is 4. The molecule has 10 heteroatoms. The molecule has 2 aromatic carbocycles. The van der Waals surface area contributed by atoms with Crippen LogP contribution in [-0.2, 0) is 11.0 Å². The summed E-state index contributed by atoms with van der Waals surface area (Å²) in [6, 6.07) is 6.68. The van der Waals surface area contributed by atoms with Crippen LogP contribution < -0.4 is 4.80 Å². The number of thiazole rings is 1. The number of carboxylic acids is 1. The zero-order chi connectivity index (χ0) is 21.3. The van der Waals surface area contributed by atoms with Crippen LogP contribution in [0.1, 0.15) is 35.3 Å². The second-order valence-corrected chi connectivity index (χ2v) is 7.07. The highest BCUT2D eigenvalue weighted by molar-refractivity contribution is 7.16. The predicted octanol–water partition coefficient (Wildman–Crippen LogP) is 4.64. The van der Waals surface area contributed by atoms with Crippen molar-refractivity contribution in [2.45, 2.75) is 25.6 Å². The van der Waals surface area contributed by atoms with E-state index in [1.807, 2.05) is 0 Å². The molecule has 152 valence electrons. The van der Waals surface area contributed by atoms with Crippen LogP contribution in [0.5, 0.6) is 0 Å². The average molecular weight is 426 g/mol. The summed E-state index contributed by atoms with van der Waals surface area (Å²) in [7, 11) is 0. The Morgan fingerprint density at radius 2 is 1.83 bits per heavy atom. The van der Waals surface area contributed by atoms with E-state index in [1.165, 1.54) is 24.3 Å². The van der Waals surface area contributed by atoms with Crippen molar-refractivity contribution in [2.75, 3.05) is 0 Å². The van der Waals surface area contributed by atoms with Gasteiger partial charge in [0.2, 0.25) is 0 Å². The Kier molecular flexibility index (Phi) is 5.56. The third kappa shape index (κ3) is 4.07. The number of hydrogen-bond donors (Lipinski definition) is 1. The Balaban J connectivity index is 2.31. The van der Waals surface area contributed by atoms with E-state index in [0.29, 0.717) is 11.3 Å². The maximum Gasteiger partial charge on any atom is 0.417 e. The highest BCUT2D eigenvalue weighted by Gasteiger charge is 2.34. The van der Waals surface area contributed by atoms with Gasteiger partial charge in [-0.1, -0.05) is 24.3 Å². The van der Waals surface area contributed by atoms with E-state index < -0.39 is 35.5 Å². The Morgan fingerprint density at radius 1 is 1.17 bits per heavy atom. The topological polar surface area (TPSA) is 71.7 Å². The monoisotopic (exact) mass is 426 g/mol. The van der Waals surface area contributed by atoms with Crippen molar-refractivity contribution < 1.29 is 32.3 Å². The second-order valence-electron chi connectivity index (χ2n) is 6.09. The zero-order valence-electron chi connectivity index (χ0n) is 14.9. The van der Waals surface area contributed by atoms with Crippen LogP contribution >= 0.6 is 11.3 Å². The van der Waals surface area contributed by atoms with Gasteiger partial charge in [-0.15, -0.1) is 0 Å². The molecular formula is C19H14F4N2O3S. The molecule has 3 aromatic rings. The Morgan fingerprint density at radius 3 is 2.38 bits per heavy atom. The minimum absolute atomic E-state index is 0.0183. The quantitative estimate of drug-likeness (QED) is 0.618. The molecule has 1 aromatic heterocycles. The van der Waals surface area contributed by atoms with Gasteiger partial charge in [0.25, 0.3) is 5.91 Å². The summed E-state index contributed by atoms with van der Waals surface area (Å²) in [5.74, 6) is -2.65. The van der Waals surface area contributed by atoms with Crippen LogP contribution in [-0.4, -0.2) is 21.6 Å². The van der Waals surface area contributed by atoms with Crippen molar-refractivity contribution in [3.05, 3.63) is 64.2 Å². The third-order valence-corrected chi connectivity index (χ3v) is 5.33. The molecule has 0 spiro atoms. The molecule has 0 saturated carbocycles. The Hall–Kier alpha value is -3.01. The third-order valence-electron chi connectivity index (χ3n) is 4.23. The summed E-state index contributed by atoms with van der Waals surface area (Å²) in [6.45, 7) is 1.56. The number of carbonyl (C=O) groups excluding carboxylic acids is 1. The van der Waals surface area contributed by atoms with Crippen molar-refractivity contribution in [2.24, 2.45) is 4.99 Å². The van der Waals surface area contributed by atoms with Crippen molar-refractivity contribution in [1.29, 1.82) is 0 Å². The number of nitrogens with zero attached hydrogens (tertiary/aromatic N) is 2. The fourth-order valence-corrected chi connectivity index (χ4v) is 4.08. The smallest absolute Gasteiger partial charge is 0.417 e. The summed E-state index contributed by atoms with van der Waals surface area (Å²) in [6.07, 6.45) is -4.60. The molecule has 0 saturated heterocycles. The van der Waals surface area contributed by atoms with E-state index in [2.05, 4.69) is 4.99 Å². The normalized spacial score (nSPS) is 13.6. The van der Waals surface area contributed by atoms with E-state index in [-0.39, 0.29) is 27.0 Å². The maximum absolute atomic E-state index is 13.4. The number of alkyl halides is 3. The van der Waals surface area contributed by atoms with Gasteiger partial charge in [-0.2, -0.15) is 18.2 Å². The van der Waals surface area contributed by atoms with Gasteiger partial charge < -0.3 is 9.67 Å². The van der Waals surface area contributed by atoms with Gasteiger partial charge in [0.15, 0.2) is 4.80 Å². The molecule has 3 rings (SSSR count). The first-order valence-electron chi connectivity index (χ1n) is 8.42. The summed E-state index contributed by atoms with van der Waals surface area (Å²) in [4.78, 5) is 27.8. The standard InChI is InChI=1S/C19H14F4N2O3S/c1-2-13(17(27)28)25-14-5-3-4-12(19(21,22)23)15(14)29-18(25)24-16(26)10-6-8-11(20)9-7-10/h3-9,13H,2H2,1H3,(H,27,28)/b24-18-. The minimum Gasteiger partial charge on any atom is -0.480 e. The number of rotatable bonds is 4. The lowest BCUT2D eigenvalue weighted by Crippen LogP contribution is -2.27. The van der Waals surface area contributed by atoms with Gasteiger partial charge in [0.1, 0.15) is 11.9 Å². The Bertz CT molecular complexity index is 1150. The number of fused-ring (bicyclic) bond motifs is 1. The summed E-state index contributed by atoms with van der Waals surface area (Å²) < 4.78 is 54.2. The highest BCUT2D eigenvalue weighted by Crippen LogP contribution is 2.37. The first kappa shape index (κ1) is 20.7. The number of carboxylic acid groups (broad SMARTS) is 1. The van der Waals surface area contributed by atoms with Crippen molar-refractivity contribution in [1.82, 2.24) is 4.57 Å². The fourth-order valence-electron chi connectivity index (χ4n) is 2.88. The van der Waals surface area contributed by atoms with Gasteiger partial charge in [-0.25, -0.2) is 9.18 Å². The predicted molar refractivity (Wildman–Crippen MR) is 98.1 cm³/mol. The van der Waals surface area contributed by atoms with Crippen molar-refractivity contribution >= 4 is 33.4 Å². The van der Waals surface area contributed by atoms with E-state index in [9.17, 15) is 32.3 Å². The van der Waals surface area contributed by atoms with E-state index >= 15 is 0 Å². The van der Waals surface area contributed by atoms with E-state index in [1.54, 1.807) is 6.92 Å². The lowest BCUT2D eigenvalue weighted by atomic mass is 10.1. The number of carbonyl (C=O) groups is 2. The van der Waals surface area contributed by atoms with E-state index in [0.717, 1.165) is 22.8 Å². The molecular weight excluding hydrogens is 412 g/mol. The molecule has 1 N–H and O–H groups in total. The summed E-state index contributed by atoms with van der Waals surface area (Å²) in [5.41, 5.74) is -0.899. The number of amides is 1. The average Bonchev–Trinajstić information content (AvgIpc) is 2.99. The number of aliphatic carboxylic acids is 1. The van der Waals surface area contributed by atoms with Crippen LogP contribution in [0.2, 0.25) is 0 Å². The molecule has 1 unspecified atom stereocenters. The lowest BCUT2D eigenvalue weighted by molar-refractivity contribution is -0.141. The summed E-state index contributed by atoms with van der Waals surface area (Å²) in [5, 5.41) is 9.53. The zero-order valence-corrected chi connectivity index (χ0v) is 15.7. The molecule has 5 nitrogen and oxygen atoms in total. The van der Waals surface area contributed by atoms with Crippen LogP contribution in [0.4, 0.5) is 17.6 Å². The molecule has 1 amide bonds. The lowest BCUT2D eigenvalue weighted by Gasteiger charge is -2.14. The molecule has 0 aliphatic carbocycles. The van der Waals surface area contributed by atoms with Crippen LogP contribution in [0.15, 0.2) is 47.5 Å². The van der Waals surface area contributed by atoms with Gasteiger partial charge in [0, 0.05) is 5.56 Å². The van der Waals surface area contributed by atoms with Gasteiger partial charge in [-0.3, -0.25) is 4.79 Å². The number of hydrogen-bond acceptors (Lipinski definition) is 3. The van der Waals surface area contributed by atoms with Crippen molar-refractivity contribution in [3.8, 4) is 0 Å². The van der Waals surface area contributed by atoms with Crippen LogP contribution in [0.3, 0.4) is 0 Å². The minimum atomic E-state index is -4.66. The summed E-state index contributed by atoms with van der Waals surface area (Å²) >= 11 is 0.583. The molecule has 0 aliphatic heterocycles.